The largest absolute Gasteiger partial charge is 0.493 e. The van der Waals surface area contributed by atoms with Crippen LogP contribution in [0.5, 0.6) is 11.5 Å². The van der Waals surface area contributed by atoms with Gasteiger partial charge in [0.05, 0.1) is 25.2 Å². The molecule has 21 heavy (non-hydrogen) atoms. The molecule has 1 saturated heterocycles. The molecule has 1 aliphatic heterocycles. The third-order valence-corrected chi connectivity index (χ3v) is 3.43. The second-order valence-corrected chi connectivity index (χ2v) is 4.74. The van der Waals surface area contributed by atoms with E-state index in [0.717, 1.165) is 0 Å². The number of nitro groups is 1. The molecule has 1 aromatic rings. The lowest BCUT2D eigenvalue weighted by atomic mass is 9.99. The Morgan fingerprint density at radius 3 is 2.43 bits per heavy atom. The third kappa shape index (κ3) is 2.75. The number of likely N-dealkylation sites (tertiary alicyclic amines) is 1. The second-order valence-electron chi connectivity index (χ2n) is 4.74. The van der Waals surface area contributed by atoms with Crippen molar-refractivity contribution in [3.05, 3.63) is 27.8 Å². The summed E-state index contributed by atoms with van der Waals surface area (Å²) in [7, 11) is 2.76. The number of amides is 1. The van der Waals surface area contributed by atoms with Gasteiger partial charge in [0.25, 0.3) is 11.6 Å². The van der Waals surface area contributed by atoms with Gasteiger partial charge in [-0.05, 0) is 0 Å². The highest BCUT2D eigenvalue weighted by molar-refractivity contribution is 5.99. The SMILES string of the molecule is COc1cc(C(=O)N2CC(CO)C2)c([N+](=O)[O-])cc1OC. The molecule has 0 saturated carbocycles. The lowest BCUT2D eigenvalue weighted by Crippen LogP contribution is -2.51. The Hall–Kier alpha value is -2.35. The third-order valence-electron chi connectivity index (χ3n) is 3.43. The van der Waals surface area contributed by atoms with E-state index < -0.39 is 10.8 Å². The molecular weight excluding hydrogens is 280 g/mol. The first-order chi connectivity index (χ1) is 10.0. The quantitative estimate of drug-likeness (QED) is 0.633. The molecule has 1 aliphatic rings. The van der Waals surface area contributed by atoms with Crippen LogP contribution in [-0.2, 0) is 0 Å². The summed E-state index contributed by atoms with van der Waals surface area (Å²) in [5.74, 6) is 0.0313. The predicted molar refractivity (Wildman–Crippen MR) is 72.7 cm³/mol. The van der Waals surface area contributed by atoms with E-state index in [1.807, 2.05) is 0 Å². The Balaban J connectivity index is 2.37. The van der Waals surface area contributed by atoms with E-state index in [2.05, 4.69) is 0 Å². The first kappa shape index (κ1) is 15.0. The van der Waals surface area contributed by atoms with Crippen LogP contribution in [0.15, 0.2) is 12.1 Å². The van der Waals surface area contributed by atoms with Crippen LogP contribution in [0.4, 0.5) is 5.69 Å². The highest BCUT2D eigenvalue weighted by Gasteiger charge is 2.34. The number of rotatable bonds is 5. The summed E-state index contributed by atoms with van der Waals surface area (Å²) in [4.78, 5) is 24.3. The fourth-order valence-corrected chi connectivity index (χ4v) is 2.21. The van der Waals surface area contributed by atoms with Crippen LogP contribution < -0.4 is 9.47 Å². The maximum atomic E-state index is 12.3. The maximum absolute atomic E-state index is 12.3. The van der Waals surface area contributed by atoms with Crippen molar-refractivity contribution in [1.82, 2.24) is 4.90 Å². The van der Waals surface area contributed by atoms with E-state index in [1.54, 1.807) is 0 Å². The number of hydrogen-bond acceptors (Lipinski definition) is 6. The Kier molecular flexibility index (Phi) is 4.27. The van der Waals surface area contributed by atoms with E-state index in [9.17, 15) is 14.9 Å². The summed E-state index contributed by atoms with van der Waals surface area (Å²) in [5, 5.41) is 20.1. The molecule has 0 bridgehead atoms. The highest BCUT2D eigenvalue weighted by atomic mass is 16.6. The minimum atomic E-state index is -0.626. The summed E-state index contributed by atoms with van der Waals surface area (Å²) < 4.78 is 10.1. The van der Waals surface area contributed by atoms with Gasteiger partial charge >= 0.3 is 0 Å². The van der Waals surface area contributed by atoms with E-state index in [0.29, 0.717) is 13.1 Å². The van der Waals surface area contributed by atoms with E-state index in [1.165, 1.54) is 31.3 Å². The van der Waals surface area contributed by atoms with Gasteiger partial charge in [-0.15, -0.1) is 0 Å². The normalized spacial score (nSPS) is 14.5. The minimum absolute atomic E-state index is 0.00218. The van der Waals surface area contributed by atoms with Crippen molar-refractivity contribution >= 4 is 11.6 Å². The Morgan fingerprint density at radius 2 is 1.95 bits per heavy atom. The molecule has 0 radical (unpaired) electrons. The fourth-order valence-electron chi connectivity index (χ4n) is 2.21. The Morgan fingerprint density at radius 1 is 1.38 bits per heavy atom. The molecule has 1 heterocycles. The summed E-state index contributed by atoms with van der Waals surface area (Å²) in [6.45, 7) is 0.777. The van der Waals surface area contributed by atoms with Crippen LogP contribution >= 0.6 is 0 Å². The molecule has 1 N–H and O–H groups in total. The first-order valence-electron chi connectivity index (χ1n) is 6.32. The van der Waals surface area contributed by atoms with Gasteiger partial charge in [0.1, 0.15) is 5.56 Å². The summed E-state index contributed by atoms with van der Waals surface area (Å²) in [6, 6.07) is 2.49. The van der Waals surface area contributed by atoms with Gasteiger partial charge in [0.15, 0.2) is 11.5 Å². The van der Waals surface area contributed by atoms with Gasteiger partial charge in [-0.3, -0.25) is 14.9 Å². The van der Waals surface area contributed by atoms with Gasteiger partial charge in [-0.25, -0.2) is 0 Å². The number of ether oxygens (including phenoxy) is 2. The van der Waals surface area contributed by atoms with Gasteiger partial charge in [0, 0.05) is 31.7 Å². The lowest BCUT2D eigenvalue weighted by Gasteiger charge is -2.38. The van der Waals surface area contributed by atoms with E-state index >= 15 is 0 Å². The molecule has 1 amide bonds. The highest BCUT2D eigenvalue weighted by Crippen LogP contribution is 2.35. The maximum Gasteiger partial charge on any atom is 0.286 e. The molecule has 2 rings (SSSR count). The molecule has 1 fully saturated rings. The zero-order valence-electron chi connectivity index (χ0n) is 11.7. The van der Waals surface area contributed by atoms with Crippen molar-refractivity contribution in [3.8, 4) is 11.5 Å². The number of nitro benzene ring substituents is 1. The van der Waals surface area contributed by atoms with Crippen molar-refractivity contribution < 1.29 is 24.3 Å². The number of methoxy groups -OCH3 is 2. The monoisotopic (exact) mass is 296 g/mol. The van der Waals surface area contributed by atoms with Crippen LogP contribution in [0.25, 0.3) is 0 Å². The Labute approximate surface area is 121 Å². The number of aliphatic hydroxyl groups is 1. The van der Waals surface area contributed by atoms with Crippen molar-refractivity contribution in [2.45, 2.75) is 0 Å². The topological polar surface area (TPSA) is 102 Å². The summed E-state index contributed by atoms with van der Waals surface area (Å²) >= 11 is 0. The number of hydrogen-bond donors (Lipinski definition) is 1. The van der Waals surface area contributed by atoms with Crippen molar-refractivity contribution in [2.75, 3.05) is 33.9 Å². The van der Waals surface area contributed by atoms with Gasteiger partial charge in [-0.1, -0.05) is 0 Å². The van der Waals surface area contributed by atoms with Crippen molar-refractivity contribution in [3.63, 3.8) is 0 Å². The molecular formula is C13H16N2O6. The predicted octanol–water partition coefficient (Wildman–Crippen LogP) is 0.676. The average molecular weight is 296 g/mol. The number of aliphatic hydroxyl groups excluding tert-OH is 1. The molecule has 0 spiro atoms. The smallest absolute Gasteiger partial charge is 0.286 e. The zero-order valence-corrected chi connectivity index (χ0v) is 11.7. The first-order valence-corrected chi connectivity index (χ1v) is 6.32. The molecule has 0 aromatic heterocycles. The minimum Gasteiger partial charge on any atom is -0.493 e. The fraction of sp³-hybridized carbons (Fsp3) is 0.462. The summed E-state index contributed by atoms with van der Waals surface area (Å²) in [6.07, 6.45) is 0. The number of nitrogens with zero attached hydrogens (tertiary/aromatic N) is 2. The molecule has 114 valence electrons. The molecule has 0 unspecified atom stereocenters. The van der Waals surface area contributed by atoms with Crippen LogP contribution in [0, 0.1) is 16.0 Å². The van der Waals surface area contributed by atoms with Crippen LogP contribution in [0.3, 0.4) is 0 Å². The van der Waals surface area contributed by atoms with Crippen molar-refractivity contribution in [2.24, 2.45) is 5.92 Å². The average Bonchev–Trinajstić information content (AvgIpc) is 2.44. The number of carbonyl (C=O) groups excluding carboxylic acids is 1. The van der Waals surface area contributed by atoms with Gasteiger partial charge < -0.3 is 19.5 Å². The molecule has 0 atom stereocenters. The van der Waals surface area contributed by atoms with E-state index in [-0.39, 0.29) is 35.3 Å². The second kappa shape index (κ2) is 5.96. The van der Waals surface area contributed by atoms with Crippen LogP contribution in [0.1, 0.15) is 10.4 Å². The summed E-state index contributed by atoms with van der Waals surface area (Å²) in [5.41, 5.74) is -0.376. The van der Waals surface area contributed by atoms with E-state index in [4.69, 9.17) is 14.6 Å². The van der Waals surface area contributed by atoms with Gasteiger partial charge in [-0.2, -0.15) is 0 Å². The lowest BCUT2D eigenvalue weighted by molar-refractivity contribution is -0.385. The number of carbonyl (C=O) groups is 1. The standard InChI is InChI=1S/C13H16N2O6/c1-20-11-3-9(10(15(18)19)4-12(11)21-2)13(17)14-5-8(6-14)7-16/h3-4,8,16H,5-7H2,1-2H3. The zero-order chi connectivity index (χ0) is 15.6. The molecule has 8 heteroatoms. The molecule has 1 aromatic carbocycles. The number of benzene rings is 1. The Bertz CT molecular complexity index is 568. The van der Waals surface area contributed by atoms with Crippen molar-refractivity contribution in [1.29, 1.82) is 0 Å². The molecule has 8 nitrogen and oxygen atoms in total. The van der Waals surface area contributed by atoms with Crippen LogP contribution in [-0.4, -0.2) is 54.8 Å². The van der Waals surface area contributed by atoms with Crippen LogP contribution in [0.2, 0.25) is 0 Å². The molecule has 0 aliphatic carbocycles. The van der Waals surface area contributed by atoms with Gasteiger partial charge in [0.2, 0.25) is 0 Å².